The van der Waals surface area contributed by atoms with Crippen molar-refractivity contribution in [1.29, 1.82) is 0 Å². The fourth-order valence-electron chi connectivity index (χ4n) is 0.997. The Morgan fingerprint density at radius 1 is 1.26 bits per heavy atom. The van der Waals surface area contributed by atoms with Crippen LogP contribution in [-0.4, -0.2) is 7.11 Å². The summed E-state index contributed by atoms with van der Waals surface area (Å²) in [6.07, 6.45) is 0. The van der Waals surface area contributed by atoms with Gasteiger partial charge in [0, 0.05) is 18.2 Å². The van der Waals surface area contributed by atoms with Gasteiger partial charge in [0.25, 0.3) is 0 Å². The second kappa shape index (κ2) is 8.50. The van der Waals surface area contributed by atoms with Crippen molar-refractivity contribution in [2.45, 2.75) is 0 Å². The molecular formula is C9H6Cl4NaO4P. The molecule has 0 spiro atoms. The number of hydrogen-bond donors (Lipinski definition) is 0. The van der Waals surface area contributed by atoms with Gasteiger partial charge in [-0.05, 0) is 12.1 Å². The normalized spacial score (nSPS) is 14.5. The van der Waals surface area contributed by atoms with Crippen LogP contribution < -0.4 is 34.5 Å². The molecule has 1 rings (SSSR count). The molecule has 0 N–H and O–H groups in total. The molecule has 0 aliphatic heterocycles. The van der Waals surface area contributed by atoms with E-state index in [4.69, 9.17) is 46.4 Å². The maximum atomic E-state index is 11.2. The molecule has 1 atom stereocenters. The quantitative estimate of drug-likeness (QED) is 0.345. The van der Waals surface area contributed by atoms with Crippen LogP contribution >= 0.6 is 54.2 Å². The molecule has 0 amide bonds. The summed E-state index contributed by atoms with van der Waals surface area (Å²) >= 11 is 22.9. The Hall–Kier alpha value is 1.07. The molecule has 0 heterocycles. The summed E-state index contributed by atoms with van der Waals surface area (Å²) in [5.41, 5.74) is 1.07. The smallest absolute Gasteiger partial charge is 0.746 e. The van der Waals surface area contributed by atoms with Crippen molar-refractivity contribution in [2.75, 3.05) is 7.11 Å². The van der Waals surface area contributed by atoms with E-state index in [1.54, 1.807) is 0 Å². The topological polar surface area (TPSA) is 58.6 Å². The van der Waals surface area contributed by atoms with Crippen molar-refractivity contribution < 1.29 is 48.1 Å². The molecule has 10 heteroatoms. The van der Waals surface area contributed by atoms with Gasteiger partial charge in [0.1, 0.15) is 5.76 Å². The Kier molecular flexibility index (Phi) is 8.98. The molecule has 1 aromatic carbocycles. The molecule has 0 aromatic heterocycles. The van der Waals surface area contributed by atoms with Gasteiger partial charge in [-0.1, -0.05) is 46.4 Å². The summed E-state index contributed by atoms with van der Waals surface area (Å²) < 4.78 is 20.0. The molecular weight excluding hydrogens is 368 g/mol. The maximum Gasteiger partial charge on any atom is 1.00 e. The third-order valence-corrected chi connectivity index (χ3v) is 3.91. The molecule has 4 nitrogen and oxygen atoms in total. The number of phosphoric ester groups is 1. The first-order valence-electron chi connectivity index (χ1n) is 4.32. The first-order valence-corrected chi connectivity index (χ1v) is 7.35. The van der Waals surface area contributed by atoms with Crippen LogP contribution in [0.5, 0.6) is 0 Å². The van der Waals surface area contributed by atoms with Crippen molar-refractivity contribution in [1.82, 2.24) is 0 Å². The monoisotopic (exact) mass is 372 g/mol. The number of hydrogen-bond acceptors (Lipinski definition) is 4. The Morgan fingerprint density at radius 3 is 2.26 bits per heavy atom. The number of phosphoric acid groups is 1. The van der Waals surface area contributed by atoms with Crippen molar-refractivity contribution in [3.8, 4) is 0 Å². The fourth-order valence-corrected chi connectivity index (χ4v) is 2.33. The second-order valence-electron chi connectivity index (χ2n) is 2.94. The SMILES string of the molecule is COP(=O)([O-])O/C(=C/Cl)c1cc(Cl)c(Cl)cc1Cl.[Na+]. The predicted molar refractivity (Wildman–Crippen MR) is 71.0 cm³/mol. The van der Waals surface area contributed by atoms with Crippen molar-refractivity contribution >= 4 is 60.0 Å². The van der Waals surface area contributed by atoms with E-state index >= 15 is 0 Å². The number of rotatable bonds is 4. The minimum atomic E-state index is -4.50. The molecule has 0 aliphatic rings. The Morgan fingerprint density at radius 2 is 1.79 bits per heavy atom. The van der Waals surface area contributed by atoms with Crippen LogP contribution in [0.2, 0.25) is 15.1 Å². The van der Waals surface area contributed by atoms with Crippen LogP contribution in [0.25, 0.3) is 5.76 Å². The van der Waals surface area contributed by atoms with E-state index in [1.807, 2.05) is 0 Å². The average molecular weight is 374 g/mol. The summed E-state index contributed by atoms with van der Waals surface area (Å²) in [6, 6.07) is 2.67. The molecule has 0 aliphatic carbocycles. The minimum Gasteiger partial charge on any atom is -0.746 e. The molecule has 0 saturated carbocycles. The van der Waals surface area contributed by atoms with Crippen LogP contribution in [0.4, 0.5) is 0 Å². The van der Waals surface area contributed by atoms with E-state index in [0.29, 0.717) is 0 Å². The number of benzene rings is 1. The summed E-state index contributed by atoms with van der Waals surface area (Å²) in [5.74, 6) is -0.222. The van der Waals surface area contributed by atoms with Gasteiger partial charge in [0.15, 0.2) is 0 Å². The zero-order chi connectivity index (χ0) is 13.9. The van der Waals surface area contributed by atoms with Crippen LogP contribution in [0.1, 0.15) is 5.56 Å². The van der Waals surface area contributed by atoms with Gasteiger partial charge in [-0.25, -0.2) is 0 Å². The van der Waals surface area contributed by atoms with E-state index in [-0.39, 0.29) is 55.9 Å². The first kappa shape index (κ1) is 20.1. The van der Waals surface area contributed by atoms with Crippen molar-refractivity contribution in [3.63, 3.8) is 0 Å². The molecule has 100 valence electrons. The van der Waals surface area contributed by atoms with Crippen LogP contribution in [0, 0.1) is 0 Å². The fraction of sp³-hybridized carbons (Fsp3) is 0.111. The molecule has 0 bridgehead atoms. The van der Waals surface area contributed by atoms with E-state index < -0.39 is 7.82 Å². The Labute approximate surface area is 152 Å². The predicted octanol–water partition coefficient (Wildman–Crippen LogP) is 1.32. The van der Waals surface area contributed by atoms with E-state index in [0.717, 1.165) is 12.6 Å². The summed E-state index contributed by atoms with van der Waals surface area (Å²) in [6.45, 7) is 0. The molecule has 1 unspecified atom stereocenters. The average Bonchev–Trinajstić information content (AvgIpc) is 2.31. The van der Waals surface area contributed by atoms with E-state index in [9.17, 15) is 9.46 Å². The molecule has 0 fully saturated rings. The van der Waals surface area contributed by atoms with E-state index in [2.05, 4.69) is 9.05 Å². The third-order valence-electron chi connectivity index (χ3n) is 1.81. The van der Waals surface area contributed by atoms with Crippen LogP contribution in [-0.2, 0) is 13.6 Å². The zero-order valence-corrected chi connectivity index (χ0v) is 15.7. The molecule has 1 aromatic rings. The van der Waals surface area contributed by atoms with Gasteiger partial charge >= 0.3 is 37.4 Å². The van der Waals surface area contributed by atoms with Gasteiger partial charge in [0.2, 0.25) is 0 Å². The first-order chi connectivity index (χ1) is 8.30. The van der Waals surface area contributed by atoms with Crippen molar-refractivity contribution in [3.05, 3.63) is 38.3 Å². The van der Waals surface area contributed by atoms with Gasteiger partial charge in [-0.3, -0.25) is 4.57 Å². The van der Waals surface area contributed by atoms with Crippen LogP contribution in [0.15, 0.2) is 17.7 Å². The summed E-state index contributed by atoms with van der Waals surface area (Å²) in [7, 11) is -3.54. The third kappa shape index (κ3) is 5.76. The Bertz CT molecular complexity index is 537. The molecule has 0 radical (unpaired) electrons. The summed E-state index contributed by atoms with van der Waals surface area (Å²) in [4.78, 5) is 11.2. The second-order valence-corrected chi connectivity index (χ2v) is 5.82. The van der Waals surface area contributed by atoms with Crippen LogP contribution in [0.3, 0.4) is 0 Å². The van der Waals surface area contributed by atoms with Gasteiger partial charge in [0.05, 0.1) is 15.1 Å². The van der Waals surface area contributed by atoms with Gasteiger partial charge in [-0.2, -0.15) is 0 Å². The molecule has 19 heavy (non-hydrogen) atoms. The van der Waals surface area contributed by atoms with E-state index in [1.165, 1.54) is 12.1 Å². The Balaban J connectivity index is 0.00000324. The largest absolute Gasteiger partial charge is 1.00 e. The minimum absolute atomic E-state index is 0. The van der Waals surface area contributed by atoms with Crippen molar-refractivity contribution in [2.24, 2.45) is 0 Å². The standard InChI is InChI=1S/C9H7Cl4O4P.Na/c1-16-18(14,15)17-9(4-10)5-2-7(12)8(13)3-6(5)11;/h2-4H,1H3,(H,14,15);/q;+1/p-1/b9-4+;. The van der Waals surface area contributed by atoms with Gasteiger partial charge in [-0.15, -0.1) is 0 Å². The van der Waals surface area contributed by atoms with Gasteiger partial charge < -0.3 is 13.9 Å². The summed E-state index contributed by atoms with van der Waals surface area (Å²) in [5, 5.41) is 0.526. The zero-order valence-electron chi connectivity index (χ0n) is 9.82. The number of halogens is 4. The molecule has 0 saturated heterocycles. The maximum absolute atomic E-state index is 11.2.